The summed E-state index contributed by atoms with van der Waals surface area (Å²) in [4.78, 5) is 14.1. The molecule has 0 aromatic heterocycles. The van der Waals surface area contributed by atoms with Gasteiger partial charge in [0.1, 0.15) is 0 Å². The van der Waals surface area contributed by atoms with Gasteiger partial charge in [-0.05, 0) is 56.0 Å². The van der Waals surface area contributed by atoms with Gasteiger partial charge in [0.05, 0.1) is 16.6 Å². The Bertz CT molecular complexity index is 1010. The summed E-state index contributed by atoms with van der Waals surface area (Å²) in [5.74, 6) is 0.566. The summed E-state index contributed by atoms with van der Waals surface area (Å²) in [5, 5.41) is 2.88. The maximum atomic E-state index is 13.0. The van der Waals surface area contributed by atoms with Gasteiger partial charge in [0, 0.05) is 36.0 Å². The van der Waals surface area contributed by atoms with E-state index >= 15 is 0 Å². The van der Waals surface area contributed by atoms with Gasteiger partial charge in [0.25, 0.3) is 5.91 Å². The molecule has 6 nitrogen and oxygen atoms in total. The van der Waals surface area contributed by atoms with Crippen molar-refractivity contribution in [3.05, 3.63) is 54.1 Å². The SMILES string of the molecule is O=C(Nc1cccc(S(=O)(=O)N2CCCCC2)c1)c1ccccc1SC[C@@H]1CCCO1. The predicted octanol–water partition coefficient (Wildman–Crippen LogP) is 4.38. The fourth-order valence-electron chi connectivity index (χ4n) is 3.93. The van der Waals surface area contributed by atoms with Crippen LogP contribution in [0.15, 0.2) is 58.3 Å². The summed E-state index contributed by atoms with van der Waals surface area (Å²) in [5.41, 5.74) is 1.05. The van der Waals surface area contributed by atoms with E-state index in [2.05, 4.69) is 5.32 Å². The number of nitrogens with one attached hydrogen (secondary N) is 1. The Hall–Kier alpha value is -1.87. The van der Waals surface area contributed by atoms with Crippen molar-refractivity contribution < 1.29 is 17.9 Å². The highest BCUT2D eigenvalue weighted by molar-refractivity contribution is 7.99. The van der Waals surface area contributed by atoms with Crippen LogP contribution in [0, 0.1) is 0 Å². The molecule has 1 atom stereocenters. The van der Waals surface area contributed by atoms with Gasteiger partial charge in [-0.2, -0.15) is 4.31 Å². The Morgan fingerprint density at radius 3 is 2.65 bits per heavy atom. The molecule has 1 N–H and O–H groups in total. The Kier molecular flexibility index (Phi) is 7.32. The smallest absolute Gasteiger partial charge is 0.256 e. The molecule has 8 heteroatoms. The van der Waals surface area contributed by atoms with Crippen LogP contribution in [0.3, 0.4) is 0 Å². The molecule has 0 unspecified atom stereocenters. The number of thioether (sulfide) groups is 1. The molecule has 2 saturated heterocycles. The number of ether oxygens (including phenoxy) is 1. The van der Waals surface area contributed by atoms with E-state index in [1.165, 1.54) is 4.31 Å². The second-order valence-electron chi connectivity index (χ2n) is 7.89. The van der Waals surface area contributed by atoms with Gasteiger partial charge >= 0.3 is 0 Å². The fraction of sp³-hybridized carbons (Fsp3) is 0.435. The molecule has 1 amide bonds. The van der Waals surface area contributed by atoms with Gasteiger partial charge in [-0.15, -0.1) is 11.8 Å². The summed E-state index contributed by atoms with van der Waals surface area (Å²) in [6, 6.07) is 14.0. The lowest BCUT2D eigenvalue weighted by molar-refractivity contribution is 0.102. The molecule has 2 aromatic rings. The summed E-state index contributed by atoms with van der Waals surface area (Å²) < 4.78 is 33.1. The highest BCUT2D eigenvalue weighted by Gasteiger charge is 2.26. The van der Waals surface area contributed by atoms with Crippen LogP contribution in [-0.4, -0.2) is 50.2 Å². The van der Waals surface area contributed by atoms with Crippen molar-refractivity contribution in [2.45, 2.75) is 48.0 Å². The van der Waals surface area contributed by atoms with Crippen molar-refractivity contribution in [1.82, 2.24) is 4.31 Å². The summed E-state index contributed by atoms with van der Waals surface area (Å²) in [6.45, 7) is 1.91. The molecule has 2 aliphatic rings. The molecule has 0 bridgehead atoms. The number of hydrogen-bond acceptors (Lipinski definition) is 5. The number of amides is 1. The third kappa shape index (κ3) is 5.49. The van der Waals surface area contributed by atoms with Crippen molar-refractivity contribution >= 4 is 33.4 Å². The third-order valence-electron chi connectivity index (χ3n) is 5.63. The van der Waals surface area contributed by atoms with Crippen molar-refractivity contribution in [2.24, 2.45) is 0 Å². The minimum absolute atomic E-state index is 0.216. The predicted molar refractivity (Wildman–Crippen MR) is 123 cm³/mol. The van der Waals surface area contributed by atoms with Crippen molar-refractivity contribution in [3.8, 4) is 0 Å². The van der Waals surface area contributed by atoms with E-state index in [-0.39, 0.29) is 16.9 Å². The van der Waals surface area contributed by atoms with Gasteiger partial charge in [-0.3, -0.25) is 4.79 Å². The lowest BCUT2D eigenvalue weighted by atomic mass is 10.2. The molecule has 2 aromatic carbocycles. The largest absolute Gasteiger partial charge is 0.377 e. The lowest BCUT2D eigenvalue weighted by Crippen LogP contribution is -2.35. The number of sulfonamides is 1. The molecule has 2 heterocycles. The van der Waals surface area contributed by atoms with Crippen molar-refractivity contribution in [3.63, 3.8) is 0 Å². The summed E-state index contributed by atoms with van der Waals surface area (Å²) in [7, 11) is -3.55. The van der Waals surface area contributed by atoms with Crippen LogP contribution in [0.4, 0.5) is 5.69 Å². The molecule has 166 valence electrons. The molecule has 0 saturated carbocycles. The second-order valence-corrected chi connectivity index (χ2v) is 10.9. The van der Waals surface area contributed by atoms with Gasteiger partial charge in [-0.1, -0.05) is 24.6 Å². The second kappa shape index (κ2) is 10.2. The quantitative estimate of drug-likeness (QED) is 0.621. The first-order valence-electron chi connectivity index (χ1n) is 10.8. The van der Waals surface area contributed by atoms with Crippen LogP contribution in [0.1, 0.15) is 42.5 Å². The summed E-state index contributed by atoms with van der Waals surface area (Å²) in [6.07, 6.45) is 5.21. The number of benzene rings is 2. The molecule has 0 aliphatic carbocycles. The van der Waals surface area contributed by atoms with Crippen LogP contribution in [0.5, 0.6) is 0 Å². The van der Waals surface area contributed by atoms with Gasteiger partial charge in [-0.25, -0.2) is 8.42 Å². The van der Waals surface area contributed by atoms with Crippen molar-refractivity contribution in [1.29, 1.82) is 0 Å². The van der Waals surface area contributed by atoms with E-state index in [0.29, 0.717) is 24.3 Å². The molecule has 0 radical (unpaired) electrons. The maximum absolute atomic E-state index is 13.0. The Balaban J connectivity index is 1.47. The minimum Gasteiger partial charge on any atom is -0.377 e. The average molecular weight is 461 g/mol. The lowest BCUT2D eigenvalue weighted by Gasteiger charge is -2.26. The van der Waals surface area contributed by atoms with E-state index in [4.69, 9.17) is 4.74 Å². The van der Waals surface area contributed by atoms with Gasteiger partial charge in [0.2, 0.25) is 10.0 Å². The zero-order valence-corrected chi connectivity index (χ0v) is 19.1. The molecule has 0 spiro atoms. The first-order chi connectivity index (χ1) is 15.0. The molecule has 4 rings (SSSR count). The number of hydrogen-bond donors (Lipinski definition) is 1. The molecular formula is C23H28N2O4S2. The van der Waals surface area contributed by atoms with Crippen molar-refractivity contribution in [2.75, 3.05) is 30.8 Å². The van der Waals surface area contributed by atoms with E-state index in [1.807, 2.05) is 18.2 Å². The number of piperidine rings is 1. The average Bonchev–Trinajstić information content (AvgIpc) is 3.32. The van der Waals surface area contributed by atoms with Gasteiger partial charge < -0.3 is 10.1 Å². The minimum atomic E-state index is -3.55. The monoisotopic (exact) mass is 460 g/mol. The Morgan fingerprint density at radius 2 is 1.87 bits per heavy atom. The molecule has 2 fully saturated rings. The van der Waals surface area contributed by atoms with E-state index in [9.17, 15) is 13.2 Å². The van der Waals surface area contributed by atoms with Crippen LogP contribution >= 0.6 is 11.8 Å². The van der Waals surface area contributed by atoms with Gasteiger partial charge in [0.15, 0.2) is 0 Å². The molecular weight excluding hydrogens is 432 g/mol. The van der Waals surface area contributed by atoms with E-state index in [1.54, 1.807) is 42.1 Å². The fourth-order valence-corrected chi connectivity index (χ4v) is 6.61. The normalized spacial score (nSPS) is 19.9. The van der Waals surface area contributed by atoms with E-state index < -0.39 is 10.0 Å². The Labute approximate surface area is 188 Å². The summed E-state index contributed by atoms with van der Waals surface area (Å²) >= 11 is 1.62. The first kappa shape index (κ1) is 22.3. The maximum Gasteiger partial charge on any atom is 0.256 e. The van der Waals surface area contributed by atoms with Crippen LogP contribution in [-0.2, 0) is 14.8 Å². The highest BCUT2D eigenvalue weighted by Crippen LogP contribution is 2.28. The highest BCUT2D eigenvalue weighted by atomic mass is 32.2. The topological polar surface area (TPSA) is 75.7 Å². The van der Waals surface area contributed by atoms with Crippen LogP contribution in [0.2, 0.25) is 0 Å². The number of carbonyl (C=O) groups excluding carboxylic acids is 1. The number of rotatable bonds is 7. The number of anilines is 1. The zero-order valence-electron chi connectivity index (χ0n) is 17.5. The molecule has 2 aliphatic heterocycles. The third-order valence-corrected chi connectivity index (χ3v) is 8.73. The Morgan fingerprint density at radius 1 is 1.06 bits per heavy atom. The number of nitrogens with zero attached hydrogens (tertiary/aromatic N) is 1. The first-order valence-corrected chi connectivity index (χ1v) is 13.2. The molecule has 31 heavy (non-hydrogen) atoms. The van der Waals surface area contributed by atoms with E-state index in [0.717, 1.165) is 49.4 Å². The zero-order chi connectivity index (χ0) is 21.7. The standard InChI is InChI=1S/C23H28N2O4S2/c26-23(21-11-2-3-12-22(21)30-17-19-9-7-15-29-19)24-18-8-6-10-20(16-18)31(27,28)25-13-4-1-5-14-25/h2-3,6,8,10-12,16,19H,1,4-5,7,9,13-15,17H2,(H,24,26)/t19-/m0/s1. The number of carbonyl (C=O) groups is 1. The van der Waals surface area contributed by atoms with Crippen LogP contribution < -0.4 is 5.32 Å². The van der Waals surface area contributed by atoms with Crippen LogP contribution in [0.25, 0.3) is 0 Å².